The predicted octanol–water partition coefficient (Wildman–Crippen LogP) is 2.46. The van der Waals surface area contributed by atoms with Crippen LogP contribution in [0.5, 0.6) is 0 Å². The highest BCUT2D eigenvalue weighted by molar-refractivity contribution is 14.0. The van der Waals surface area contributed by atoms with Crippen LogP contribution in [0, 0.1) is 5.41 Å². The van der Waals surface area contributed by atoms with E-state index >= 15 is 0 Å². The van der Waals surface area contributed by atoms with E-state index in [1.807, 2.05) is 20.8 Å². The Labute approximate surface area is 162 Å². The molecule has 2 fully saturated rings. The molecule has 0 aromatic carbocycles. The van der Waals surface area contributed by atoms with Crippen molar-refractivity contribution in [3.8, 4) is 0 Å². The van der Waals surface area contributed by atoms with E-state index in [0.717, 1.165) is 13.0 Å². The minimum absolute atomic E-state index is 0. The van der Waals surface area contributed by atoms with Crippen molar-refractivity contribution in [2.75, 3.05) is 20.2 Å². The molecular weight excluding hydrogens is 421 g/mol. The standard InChI is InChI=1S/C17H31N3O3.HI/c1-6-22-13-10-12(17(13)8-7-9-17)20-15(18-5)19-11-14(21)23-16(2,3)4;/h12-13H,6-11H2,1-5H3,(H2,18,19,20);1H. The van der Waals surface area contributed by atoms with E-state index in [9.17, 15) is 4.79 Å². The van der Waals surface area contributed by atoms with Crippen LogP contribution in [0.2, 0.25) is 0 Å². The third kappa shape index (κ3) is 4.97. The van der Waals surface area contributed by atoms with Gasteiger partial charge in [-0.1, -0.05) is 6.42 Å². The number of carbonyl (C=O) groups excluding carboxylic acids is 1. The molecule has 0 radical (unpaired) electrons. The summed E-state index contributed by atoms with van der Waals surface area (Å²) >= 11 is 0. The summed E-state index contributed by atoms with van der Waals surface area (Å²) < 4.78 is 11.2. The van der Waals surface area contributed by atoms with Gasteiger partial charge in [0.15, 0.2) is 5.96 Å². The Kier molecular flexibility index (Phi) is 7.77. The van der Waals surface area contributed by atoms with Crippen LogP contribution >= 0.6 is 24.0 Å². The molecule has 2 unspecified atom stereocenters. The maximum atomic E-state index is 11.8. The van der Waals surface area contributed by atoms with Gasteiger partial charge in [-0.25, -0.2) is 0 Å². The number of nitrogens with one attached hydrogen (secondary N) is 2. The lowest BCUT2D eigenvalue weighted by atomic mass is 9.51. The van der Waals surface area contributed by atoms with Crippen LogP contribution in [-0.4, -0.2) is 49.9 Å². The van der Waals surface area contributed by atoms with Crippen molar-refractivity contribution in [1.82, 2.24) is 10.6 Å². The molecule has 2 saturated carbocycles. The normalized spacial score (nSPS) is 25.1. The molecule has 0 heterocycles. The summed E-state index contributed by atoms with van der Waals surface area (Å²) in [5.74, 6) is 0.377. The van der Waals surface area contributed by atoms with Crippen LogP contribution < -0.4 is 10.6 Å². The number of rotatable bonds is 5. The summed E-state index contributed by atoms with van der Waals surface area (Å²) in [6.07, 6.45) is 5.05. The first-order chi connectivity index (χ1) is 10.8. The van der Waals surface area contributed by atoms with Crippen molar-refractivity contribution in [2.24, 2.45) is 10.4 Å². The molecule has 0 aromatic heterocycles. The van der Waals surface area contributed by atoms with Gasteiger partial charge in [-0.05, 0) is 47.0 Å². The summed E-state index contributed by atoms with van der Waals surface area (Å²) in [6.45, 7) is 8.52. The Bertz CT molecular complexity index is 458. The zero-order chi connectivity index (χ0) is 17.1. The van der Waals surface area contributed by atoms with Gasteiger partial charge < -0.3 is 20.1 Å². The largest absolute Gasteiger partial charge is 0.459 e. The SMILES string of the molecule is CCOC1CC(NC(=NC)NCC(=O)OC(C)(C)C)C12CCC2.I. The fourth-order valence-electron chi connectivity index (χ4n) is 3.53. The number of aliphatic imine (C=N–C) groups is 1. The van der Waals surface area contributed by atoms with Crippen molar-refractivity contribution >= 4 is 35.9 Å². The van der Waals surface area contributed by atoms with E-state index in [2.05, 4.69) is 22.5 Å². The Morgan fingerprint density at radius 2 is 2.00 bits per heavy atom. The van der Waals surface area contributed by atoms with Crippen LogP contribution in [-0.2, 0) is 14.3 Å². The number of esters is 1. The highest BCUT2D eigenvalue weighted by Gasteiger charge is 2.59. The first-order valence-corrected chi connectivity index (χ1v) is 8.61. The lowest BCUT2D eigenvalue weighted by Crippen LogP contribution is -2.68. The van der Waals surface area contributed by atoms with Crippen molar-refractivity contribution in [2.45, 2.75) is 71.1 Å². The quantitative estimate of drug-likeness (QED) is 0.290. The van der Waals surface area contributed by atoms with E-state index in [1.54, 1.807) is 7.05 Å². The molecule has 2 N–H and O–H groups in total. The number of hydrogen-bond acceptors (Lipinski definition) is 4. The molecule has 6 nitrogen and oxygen atoms in total. The molecule has 0 saturated heterocycles. The summed E-state index contributed by atoms with van der Waals surface area (Å²) in [7, 11) is 1.72. The second-order valence-corrected chi connectivity index (χ2v) is 7.48. The molecule has 2 rings (SSSR count). The molecule has 7 heteroatoms. The Hall–Kier alpha value is -0.570. The Morgan fingerprint density at radius 1 is 1.33 bits per heavy atom. The van der Waals surface area contributed by atoms with Crippen LogP contribution in [0.15, 0.2) is 4.99 Å². The minimum Gasteiger partial charge on any atom is -0.459 e. The van der Waals surface area contributed by atoms with Crippen LogP contribution in [0.1, 0.15) is 53.4 Å². The van der Waals surface area contributed by atoms with Gasteiger partial charge in [-0.15, -0.1) is 24.0 Å². The van der Waals surface area contributed by atoms with Gasteiger partial charge in [0.1, 0.15) is 12.1 Å². The number of ether oxygens (including phenoxy) is 2. The molecular formula is C17H32IN3O3. The van der Waals surface area contributed by atoms with E-state index in [4.69, 9.17) is 9.47 Å². The summed E-state index contributed by atoms with van der Waals surface area (Å²) in [5.41, 5.74) is -0.204. The second kappa shape index (κ2) is 8.69. The van der Waals surface area contributed by atoms with E-state index < -0.39 is 5.60 Å². The van der Waals surface area contributed by atoms with Gasteiger partial charge in [-0.2, -0.15) is 0 Å². The monoisotopic (exact) mass is 453 g/mol. The lowest BCUT2D eigenvalue weighted by Gasteiger charge is -2.61. The molecule has 1 spiro atoms. The number of nitrogens with zero attached hydrogens (tertiary/aromatic N) is 1. The van der Waals surface area contributed by atoms with Crippen LogP contribution in [0.25, 0.3) is 0 Å². The maximum Gasteiger partial charge on any atom is 0.325 e. The molecule has 24 heavy (non-hydrogen) atoms. The van der Waals surface area contributed by atoms with Crippen LogP contribution in [0.4, 0.5) is 0 Å². The van der Waals surface area contributed by atoms with Gasteiger partial charge >= 0.3 is 5.97 Å². The van der Waals surface area contributed by atoms with E-state index in [-0.39, 0.29) is 41.9 Å². The van der Waals surface area contributed by atoms with Crippen molar-refractivity contribution in [1.29, 1.82) is 0 Å². The summed E-state index contributed by atoms with van der Waals surface area (Å²) in [4.78, 5) is 16.0. The van der Waals surface area contributed by atoms with E-state index in [0.29, 0.717) is 18.1 Å². The van der Waals surface area contributed by atoms with Gasteiger partial charge in [-0.3, -0.25) is 9.79 Å². The molecule has 0 amide bonds. The molecule has 0 aliphatic heterocycles. The molecule has 2 aliphatic carbocycles. The number of guanidine groups is 1. The smallest absolute Gasteiger partial charge is 0.325 e. The second-order valence-electron chi connectivity index (χ2n) is 7.48. The number of halogens is 1. The fraction of sp³-hybridized carbons (Fsp3) is 0.882. The fourth-order valence-corrected chi connectivity index (χ4v) is 3.53. The molecule has 140 valence electrons. The Morgan fingerprint density at radius 3 is 2.46 bits per heavy atom. The topological polar surface area (TPSA) is 72.0 Å². The average Bonchev–Trinajstić information content (AvgIpc) is 2.37. The van der Waals surface area contributed by atoms with Gasteiger partial charge in [0.05, 0.1) is 6.10 Å². The van der Waals surface area contributed by atoms with Crippen molar-refractivity contribution < 1.29 is 14.3 Å². The Balaban J connectivity index is 0.00000288. The van der Waals surface area contributed by atoms with Crippen molar-refractivity contribution in [3.05, 3.63) is 0 Å². The third-order valence-corrected chi connectivity index (χ3v) is 4.79. The molecule has 0 aromatic rings. The zero-order valence-corrected chi connectivity index (χ0v) is 17.8. The lowest BCUT2D eigenvalue weighted by molar-refractivity contribution is -0.168. The van der Waals surface area contributed by atoms with Gasteiger partial charge in [0, 0.05) is 25.1 Å². The van der Waals surface area contributed by atoms with Crippen molar-refractivity contribution in [3.63, 3.8) is 0 Å². The summed E-state index contributed by atoms with van der Waals surface area (Å²) in [6, 6.07) is 0.373. The van der Waals surface area contributed by atoms with Gasteiger partial charge in [0.2, 0.25) is 0 Å². The summed E-state index contributed by atoms with van der Waals surface area (Å²) in [5, 5.41) is 6.50. The number of hydrogen-bond donors (Lipinski definition) is 2. The molecule has 2 atom stereocenters. The van der Waals surface area contributed by atoms with Crippen LogP contribution in [0.3, 0.4) is 0 Å². The predicted molar refractivity (Wildman–Crippen MR) is 106 cm³/mol. The highest BCUT2D eigenvalue weighted by Crippen LogP contribution is 2.57. The first kappa shape index (κ1) is 21.5. The minimum atomic E-state index is -0.468. The molecule has 2 aliphatic rings. The van der Waals surface area contributed by atoms with E-state index in [1.165, 1.54) is 19.3 Å². The molecule has 0 bridgehead atoms. The van der Waals surface area contributed by atoms with Gasteiger partial charge in [0.25, 0.3) is 0 Å². The average molecular weight is 453 g/mol. The first-order valence-electron chi connectivity index (χ1n) is 8.61. The third-order valence-electron chi connectivity index (χ3n) is 4.79. The highest BCUT2D eigenvalue weighted by atomic mass is 127. The maximum absolute atomic E-state index is 11.8. The number of carbonyl (C=O) groups is 1. The zero-order valence-electron chi connectivity index (χ0n) is 15.5.